The second-order valence-electron chi connectivity index (χ2n) is 4.31. The van der Waals surface area contributed by atoms with Gasteiger partial charge in [-0.3, -0.25) is 9.59 Å². The van der Waals surface area contributed by atoms with Crippen LogP contribution in [-0.4, -0.2) is 41.5 Å². The van der Waals surface area contributed by atoms with Crippen LogP contribution in [0.3, 0.4) is 0 Å². The molecule has 5 nitrogen and oxygen atoms in total. The molecule has 0 aromatic carbocycles. The van der Waals surface area contributed by atoms with Gasteiger partial charge in [-0.2, -0.15) is 0 Å². The summed E-state index contributed by atoms with van der Waals surface area (Å²) in [6, 6.07) is 0. The standard InChI is InChI=1S/C12H24N2O3/c1-4-7-14(8-10(15)16)11(17)12(5-2,6-3)9-13/h4-9,13H2,1-3H3,(H,15,16). The summed E-state index contributed by atoms with van der Waals surface area (Å²) >= 11 is 0. The van der Waals surface area contributed by atoms with Crippen molar-refractivity contribution >= 4 is 11.9 Å². The first kappa shape index (κ1) is 15.9. The number of nitrogens with two attached hydrogens (primary N) is 1. The van der Waals surface area contributed by atoms with Crippen LogP contribution < -0.4 is 5.73 Å². The molecular formula is C12H24N2O3. The van der Waals surface area contributed by atoms with E-state index in [0.717, 1.165) is 6.42 Å². The number of hydrogen-bond donors (Lipinski definition) is 2. The summed E-state index contributed by atoms with van der Waals surface area (Å²) < 4.78 is 0. The molecule has 0 rings (SSSR count). The van der Waals surface area contributed by atoms with Crippen LogP contribution in [-0.2, 0) is 9.59 Å². The van der Waals surface area contributed by atoms with Crippen molar-refractivity contribution in [1.29, 1.82) is 0 Å². The molecule has 0 radical (unpaired) electrons. The minimum Gasteiger partial charge on any atom is -0.480 e. The van der Waals surface area contributed by atoms with Gasteiger partial charge in [0.2, 0.25) is 5.91 Å². The highest BCUT2D eigenvalue weighted by Gasteiger charge is 2.37. The van der Waals surface area contributed by atoms with E-state index in [1.807, 2.05) is 20.8 Å². The van der Waals surface area contributed by atoms with Gasteiger partial charge in [0, 0.05) is 13.1 Å². The van der Waals surface area contributed by atoms with Gasteiger partial charge in [0.15, 0.2) is 0 Å². The minimum absolute atomic E-state index is 0.130. The molecule has 0 atom stereocenters. The number of carboxylic acid groups (broad SMARTS) is 1. The highest BCUT2D eigenvalue weighted by molar-refractivity contribution is 5.86. The van der Waals surface area contributed by atoms with Gasteiger partial charge in [-0.05, 0) is 19.3 Å². The van der Waals surface area contributed by atoms with Crippen molar-refractivity contribution in [2.45, 2.75) is 40.0 Å². The second-order valence-corrected chi connectivity index (χ2v) is 4.31. The van der Waals surface area contributed by atoms with Gasteiger partial charge in [0.25, 0.3) is 0 Å². The lowest BCUT2D eigenvalue weighted by molar-refractivity contribution is -0.150. The zero-order chi connectivity index (χ0) is 13.5. The maximum atomic E-state index is 12.4. The van der Waals surface area contributed by atoms with E-state index in [-0.39, 0.29) is 19.0 Å². The van der Waals surface area contributed by atoms with Crippen LogP contribution in [0.15, 0.2) is 0 Å². The number of amides is 1. The minimum atomic E-state index is -0.982. The van der Waals surface area contributed by atoms with E-state index >= 15 is 0 Å². The lowest BCUT2D eigenvalue weighted by Crippen LogP contribution is -2.49. The SMILES string of the molecule is CCCN(CC(=O)O)C(=O)C(CC)(CC)CN. The molecule has 0 heterocycles. The van der Waals surface area contributed by atoms with E-state index in [0.29, 0.717) is 19.4 Å². The van der Waals surface area contributed by atoms with Crippen molar-refractivity contribution in [3.63, 3.8) is 0 Å². The average Bonchev–Trinajstić information content (AvgIpc) is 2.30. The highest BCUT2D eigenvalue weighted by Crippen LogP contribution is 2.27. The van der Waals surface area contributed by atoms with E-state index < -0.39 is 11.4 Å². The predicted molar refractivity (Wildman–Crippen MR) is 66.6 cm³/mol. The third-order valence-electron chi connectivity index (χ3n) is 3.30. The second kappa shape index (κ2) is 7.27. The van der Waals surface area contributed by atoms with Crippen LogP contribution in [0, 0.1) is 5.41 Å². The Bertz CT molecular complexity index is 254. The zero-order valence-corrected chi connectivity index (χ0v) is 11.0. The molecule has 17 heavy (non-hydrogen) atoms. The molecule has 0 aliphatic heterocycles. The summed E-state index contributed by atoms with van der Waals surface area (Å²) in [7, 11) is 0. The normalized spacial score (nSPS) is 11.3. The van der Waals surface area contributed by atoms with E-state index in [1.54, 1.807) is 0 Å². The Morgan fingerprint density at radius 1 is 1.24 bits per heavy atom. The molecule has 100 valence electrons. The number of nitrogens with zero attached hydrogens (tertiary/aromatic N) is 1. The quantitative estimate of drug-likeness (QED) is 0.669. The molecule has 0 spiro atoms. The Morgan fingerprint density at radius 3 is 2.06 bits per heavy atom. The maximum Gasteiger partial charge on any atom is 0.323 e. The Balaban J connectivity index is 4.95. The Morgan fingerprint density at radius 2 is 1.76 bits per heavy atom. The van der Waals surface area contributed by atoms with Crippen LogP contribution in [0.25, 0.3) is 0 Å². The van der Waals surface area contributed by atoms with Crippen LogP contribution in [0.5, 0.6) is 0 Å². The molecule has 0 saturated carbocycles. The first-order valence-electron chi connectivity index (χ1n) is 6.18. The third-order valence-corrected chi connectivity index (χ3v) is 3.30. The van der Waals surface area contributed by atoms with Gasteiger partial charge < -0.3 is 15.7 Å². The predicted octanol–water partition coefficient (Wildman–Crippen LogP) is 1.07. The zero-order valence-electron chi connectivity index (χ0n) is 11.0. The molecule has 0 unspecified atom stereocenters. The molecule has 0 aliphatic rings. The van der Waals surface area contributed by atoms with Crippen molar-refractivity contribution in [3.8, 4) is 0 Å². The van der Waals surface area contributed by atoms with Crippen LogP contribution >= 0.6 is 0 Å². The van der Waals surface area contributed by atoms with Crippen molar-refractivity contribution < 1.29 is 14.7 Å². The van der Waals surface area contributed by atoms with Crippen molar-refractivity contribution in [1.82, 2.24) is 4.90 Å². The van der Waals surface area contributed by atoms with Gasteiger partial charge in [0.05, 0.1) is 5.41 Å². The number of carboxylic acids is 1. The molecule has 0 saturated heterocycles. The molecule has 5 heteroatoms. The van der Waals surface area contributed by atoms with Gasteiger partial charge in [-0.15, -0.1) is 0 Å². The fourth-order valence-electron chi connectivity index (χ4n) is 1.95. The first-order valence-corrected chi connectivity index (χ1v) is 6.18. The summed E-state index contributed by atoms with van der Waals surface area (Å²) in [5.41, 5.74) is 5.09. The number of hydrogen-bond acceptors (Lipinski definition) is 3. The summed E-state index contributed by atoms with van der Waals surface area (Å²) in [6.07, 6.45) is 2.02. The van der Waals surface area contributed by atoms with E-state index in [1.165, 1.54) is 4.90 Å². The Kier molecular flexibility index (Phi) is 6.80. The van der Waals surface area contributed by atoms with E-state index in [2.05, 4.69) is 0 Å². The molecule has 0 fully saturated rings. The number of rotatable bonds is 8. The number of aliphatic carboxylic acids is 1. The van der Waals surface area contributed by atoms with Gasteiger partial charge in [0.1, 0.15) is 6.54 Å². The lowest BCUT2D eigenvalue weighted by atomic mass is 9.81. The van der Waals surface area contributed by atoms with Crippen molar-refractivity contribution in [2.24, 2.45) is 11.1 Å². The molecule has 1 amide bonds. The van der Waals surface area contributed by atoms with Gasteiger partial charge in [-0.25, -0.2) is 0 Å². The topological polar surface area (TPSA) is 83.6 Å². The largest absolute Gasteiger partial charge is 0.480 e. The maximum absolute atomic E-state index is 12.4. The fraction of sp³-hybridized carbons (Fsp3) is 0.833. The van der Waals surface area contributed by atoms with Crippen molar-refractivity contribution in [3.05, 3.63) is 0 Å². The van der Waals surface area contributed by atoms with Crippen LogP contribution in [0.1, 0.15) is 40.0 Å². The Hall–Kier alpha value is -1.10. The van der Waals surface area contributed by atoms with Gasteiger partial charge in [-0.1, -0.05) is 20.8 Å². The molecule has 0 bridgehead atoms. The monoisotopic (exact) mass is 244 g/mol. The number of carbonyl (C=O) groups excluding carboxylic acids is 1. The Labute approximate surface area is 103 Å². The lowest BCUT2D eigenvalue weighted by Gasteiger charge is -2.34. The average molecular weight is 244 g/mol. The van der Waals surface area contributed by atoms with E-state index in [4.69, 9.17) is 10.8 Å². The van der Waals surface area contributed by atoms with Gasteiger partial charge >= 0.3 is 5.97 Å². The fourth-order valence-corrected chi connectivity index (χ4v) is 1.95. The molecular weight excluding hydrogens is 220 g/mol. The van der Waals surface area contributed by atoms with E-state index in [9.17, 15) is 9.59 Å². The smallest absolute Gasteiger partial charge is 0.323 e. The summed E-state index contributed by atoms with van der Waals surface area (Å²) in [5, 5.41) is 8.82. The van der Waals surface area contributed by atoms with Crippen LogP contribution in [0.2, 0.25) is 0 Å². The third kappa shape index (κ3) is 4.00. The molecule has 0 aromatic rings. The number of carbonyl (C=O) groups is 2. The molecule has 0 aliphatic carbocycles. The summed E-state index contributed by atoms with van der Waals surface area (Å²) in [5.74, 6) is -1.11. The first-order chi connectivity index (χ1) is 7.97. The highest BCUT2D eigenvalue weighted by atomic mass is 16.4. The van der Waals surface area contributed by atoms with Crippen LogP contribution in [0.4, 0.5) is 0 Å². The van der Waals surface area contributed by atoms with Crippen molar-refractivity contribution in [2.75, 3.05) is 19.6 Å². The molecule has 3 N–H and O–H groups in total. The molecule has 0 aromatic heterocycles. The summed E-state index contributed by atoms with van der Waals surface area (Å²) in [6.45, 7) is 6.24. The summed E-state index contributed by atoms with van der Waals surface area (Å²) in [4.78, 5) is 24.5.